The molecule has 102 valence electrons. The fraction of sp³-hybridized carbons (Fsp3) is 0.429. The van der Waals surface area contributed by atoms with Gasteiger partial charge in [0.15, 0.2) is 0 Å². The van der Waals surface area contributed by atoms with Gasteiger partial charge in [-0.25, -0.2) is 4.79 Å². The van der Waals surface area contributed by atoms with Crippen LogP contribution in [0.5, 0.6) is 0 Å². The van der Waals surface area contributed by atoms with Crippen LogP contribution in [0.4, 0.5) is 0 Å². The molecular formula is C14H18N2O3. The number of aliphatic carboxylic acids is 1. The third-order valence-corrected chi connectivity index (χ3v) is 3.26. The van der Waals surface area contributed by atoms with E-state index in [2.05, 4.69) is 5.32 Å². The van der Waals surface area contributed by atoms with Crippen LogP contribution < -0.4 is 5.32 Å². The summed E-state index contributed by atoms with van der Waals surface area (Å²) in [4.78, 5) is 24.5. The highest BCUT2D eigenvalue weighted by atomic mass is 16.4. The summed E-state index contributed by atoms with van der Waals surface area (Å²) < 4.78 is 0. The molecule has 1 unspecified atom stereocenters. The SMILES string of the molecule is Cc1ccc(CN2CCC(=O)NC(C(=O)O)C2)cc1. The molecule has 1 fully saturated rings. The van der Waals surface area contributed by atoms with Crippen molar-refractivity contribution in [2.45, 2.75) is 25.9 Å². The number of nitrogens with one attached hydrogen (secondary N) is 1. The zero-order chi connectivity index (χ0) is 13.8. The average Bonchev–Trinajstić information content (AvgIpc) is 2.55. The number of rotatable bonds is 3. The van der Waals surface area contributed by atoms with Crippen molar-refractivity contribution in [2.24, 2.45) is 0 Å². The molecule has 1 amide bonds. The van der Waals surface area contributed by atoms with Crippen molar-refractivity contribution in [2.75, 3.05) is 13.1 Å². The van der Waals surface area contributed by atoms with E-state index in [1.807, 2.05) is 36.1 Å². The number of carbonyl (C=O) groups excluding carboxylic acids is 1. The van der Waals surface area contributed by atoms with Crippen molar-refractivity contribution >= 4 is 11.9 Å². The average molecular weight is 262 g/mol. The summed E-state index contributed by atoms with van der Waals surface area (Å²) in [5.41, 5.74) is 2.32. The van der Waals surface area contributed by atoms with Gasteiger partial charge < -0.3 is 10.4 Å². The molecule has 1 aliphatic heterocycles. The summed E-state index contributed by atoms with van der Waals surface area (Å²) >= 11 is 0. The van der Waals surface area contributed by atoms with Crippen molar-refractivity contribution in [3.05, 3.63) is 35.4 Å². The number of carbonyl (C=O) groups is 2. The molecule has 0 spiro atoms. The first-order valence-electron chi connectivity index (χ1n) is 6.34. The van der Waals surface area contributed by atoms with Gasteiger partial charge in [-0.05, 0) is 12.5 Å². The van der Waals surface area contributed by atoms with Gasteiger partial charge in [0.1, 0.15) is 6.04 Å². The Morgan fingerprint density at radius 2 is 2.11 bits per heavy atom. The Kier molecular flexibility index (Phi) is 4.16. The molecule has 0 bridgehead atoms. The van der Waals surface area contributed by atoms with Crippen molar-refractivity contribution in [1.82, 2.24) is 10.2 Å². The smallest absolute Gasteiger partial charge is 0.327 e. The van der Waals surface area contributed by atoms with E-state index in [-0.39, 0.29) is 5.91 Å². The molecule has 5 heteroatoms. The van der Waals surface area contributed by atoms with Crippen LogP contribution in [0, 0.1) is 6.92 Å². The predicted octanol–water partition coefficient (Wildman–Crippen LogP) is 0.770. The van der Waals surface area contributed by atoms with Gasteiger partial charge in [-0.3, -0.25) is 9.69 Å². The molecule has 2 rings (SSSR count). The van der Waals surface area contributed by atoms with E-state index in [4.69, 9.17) is 5.11 Å². The van der Waals surface area contributed by atoms with Crippen LogP contribution in [0.3, 0.4) is 0 Å². The topological polar surface area (TPSA) is 69.6 Å². The standard InChI is InChI=1S/C14H18N2O3/c1-10-2-4-11(5-3-10)8-16-7-6-13(17)15-12(9-16)14(18)19/h2-5,12H,6-9H2,1H3,(H,15,17)(H,18,19). The number of benzene rings is 1. The fourth-order valence-electron chi connectivity index (χ4n) is 2.16. The maximum Gasteiger partial charge on any atom is 0.327 e. The summed E-state index contributed by atoms with van der Waals surface area (Å²) in [6.07, 6.45) is 0.343. The van der Waals surface area contributed by atoms with Crippen molar-refractivity contribution in [3.63, 3.8) is 0 Å². The molecule has 1 atom stereocenters. The predicted molar refractivity (Wildman–Crippen MR) is 70.6 cm³/mol. The quantitative estimate of drug-likeness (QED) is 0.844. The van der Waals surface area contributed by atoms with Gasteiger partial charge in [-0.15, -0.1) is 0 Å². The zero-order valence-corrected chi connectivity index (χ0v) is 10.9. The highest BCUT2D eigenvalue weighted by Gasteiger charge is 2.26. The largest absolute Gasteiger partial charge is 0.480 e. The third-order valence-electron chi connectivity index (χ3n) is 3.26. The molecular weight excluding hydrogens is 244 g/mol. The van der Waals surface area contributed by atoms with E-state index >= 15 is 0 Å². The Bertz CT molecular complexity index is 470. The number of carboxylic acid groups (broad SMARTS) is 1. The van der Waals surface area contributed by atoms with Gasteiger partial charge >= 0.3 is 5.97 Å². The Labute approximate surface area is 112 Å². The first kappa shape index (κ1) is 13.5. The van der Waals surface area contributed by atoms with Gasteiger partial charge in [-0.1, -0.05) is 29.8 Å². The molecule has 0 aliphatic carbocycles. The van der Waals surface area contributed by atoms with Gasteiger partial charge in [0.05, 0.1) is 0 Å². The van der Waals surface area contributed by atoms with Gasteiger partial charge in [0.25, 0.3) is 0 Å². The highest BCUT2D eigenvalue weighted by molar-refractivity contribution is 5.84. The number of amides is 1. The molecule has 0 aromatic heterocycles. The molecule has 2 N–H and O–H groups in total. The Hall–Kier alpha value is -1.88. The molecule has 5 nitrogen and oxygen atoms in total. The van der Waals surface area contributed by atoms with E-state index < -0.39 is 12.0 Å². The van der Waals surface area contributed by atoms with E-state index in [0.29, 0.717) is 26.1 Å². The maximum atomic E-state index is 11.4. The molecule has 1 aromatic rings. The molecule has 0 saturated carbocycles. The molecule has 19 heavy (non-hydrogen) atoms. The number of carboxylic acids is 1. The summed E-state index contributed by atoms with van der Waals surface area (Å²) in [6, 6.07) is 7.31. The maximum absolute atomic E-state index is 11.4. The summed E-state index contributed by atoms with van der Waals surface area (Å²) in [6.45, 7) is 3.62. The number of nitrogens with zero attached hydrogens (tertiary/aromatic N) is 1. The highest BCUT2D eigenvalue weighted by Crippen LogP contribution is 2.10. The summed E-state index contributed by atoms with van der Waals surface area (Å²) in [5.74, 6) is -1.18. The van der Waals surface area contributed by atoms with Gasteiger partial charge in [0.2, 0.25) is 5.91 Å². The van der Waals surface area contributed by atoms with Gasteiger partial charge in [0, 0.05) is 26.1 Å². The number of hydrogen-bond acceptors (Lipinski definition) is 3. The lowest BCUT2D eigenvalue weighted by Crippen LogP contribution is -2.44. The summed E-state index contributed by atoms with van der Waals surface area (Å²) in [7, 11) is 0. The zero-order valence-electron chi connectivity index (χ0n) is 10.9. The molecule has 1 saturated heterocycles. The van der Waals surface area contributed by atoms with Crippen LogP contribution in [0.1, 0.15) is 17.5 Å². The van der Waals surface area contributed by atoms with Crippen LogP contribution in [0.15, 0.2) is 24.3 Å². The van der Waals surface area contributed by atoms with Crippen molar-refractivity contribution in [1.29, 1.82) is 0 Å². The third kappa shape index (κ3) is 3.79. The van der Waals surface area contributed by atoms with Crippen LogP contribution in [0.25, 0.3) is 0 Å². The minimum absolute atomic E-state index is 0.196. The summed E-state index contributed by atoms with van der Waals surface area (Å²) in [5, 5.41) is 11.6. The lowest BCUT2D eigenvalue weighted by Gasteiger charge is -2.21. The van der Waals surface area contributed by atoms with Crippen LogP contribution in [-0.4, -0.2) is 41.0 Å². The van der Waals surface area contributed by atoms with E-state index in [1.54, 1.807) is 0 Å². The first-order valence-corrected chi connectivity index (χ1v) is 6.34. The minimum Gasteiger partial charge on any atom is -0.480 e. The lowest BCUT2D eigenvalue weighted by molar-refractivity contribution is -0.141. The van der Waals surface area contributed by atoms with Crippen molar-refractivity contribution < 1.29 is 14.7 Å². The van der Waals surface area contributed by atoms with E-state index in [0.717, 1.165) is 5.56 Å². The lowest BCUT2D eigenvalue weighted by atomic mass is 10.1. The van der Waals surface area contributed by atoms with Crippen LogP contribution in [-0.2, 0) is 16.1 Å². The fourth-order valence-corrected chi connectivity index (χ4v) is 2.16. The second kappa shape index (κ2) is 5.84. The second-order valence-corrected chi connectivity index (χ2v) is 4.93. The van der Waals surface area contributed by atoms with Crippen LogP contribution >= 0.6 is 0 Å². The van der Waals surface area contributed by atoms with Crippen molar-refractivity contribution in [3.8, 4) is 0 Å². The first-order chi connectivity index (χ1) is 9.04. The van der Waals surface area contributed by atoms with E-state index in [9.17, 15) is 9.59 Å². The Balaban J connectivity index is 2.04. The Morgan fingerprint density at radius 1 is 1.42 bits per heavy atom. The Morgan fingerprint density at radius 3 is 2.74 bits per heavy atom. The molecule has 1 aliphatic rings. The second-order valence-electron chi connectivity index (χ2n) is 4.93. The number of hydrogen-bond donors (Lipinski definition) is 2. The minimum atomic E-state index is -0.982. The molecule has 0 radical (unpaired) electrons. The van der Waals surface area contributed by atoms with Crippen LogP contribution in [0.2, 0.25) is 0 Å². The van der Waals surface area contributed by atoms with Gasteiger partial charge in [-0.2, -0.15) is 0 Å². The molecule has 1 heterocycles. The van der Waals surface area contributed by atoms with E-state index in [1.165, 1.54) is 5.56 Å². The molecule has 1 aromatic carbocycles. The monoisotopic (exact) mass is 262 g/mol. The normalized spacial score (nSPS) is 20.7. The number of aryl methyl sites for hydroxylation is 1.